The van der Waals surface area contributed by atoms with Gasteiger partial charge < -0.3 is 0 Å². The Hall–Kier alpha value is -2.06. The van der Waals surface area contributed by atoms with Crippen LogP contribution in [0, 0.1) is 11.3 Å². The molecule has 2 aromatic rings. The van der Waals surface area contributed by atoms with Gasteiger partial charge in [0.05, 0.1) is 0 Å². The van der Waals surface area contributed by atoms with E-state index in [9.17, 15) is 13.2 Å². The van der Waals surface area contributed by atoms with E-state index >= 15 is 0 Å². The standard InChI is InChI=1S/C16H14AsF3N4/c18-16(19,20)15-7-13(5-4-11(15)8-21)17-12-2-1-3-14(6-12)24-10-22-9-23-24/h4-7,9-10,12,17H,1-3H2. The molecule has 24 heavy (non-hydrogen) atoms. The Morgan fingerprint density at radius 3 is 2.83 bits per heavy atom. The molecule has 0 amide bonds. The molecule has 1 aromatic heterocycles. The Bertz CT molecular complexity index is 791. The van der Waals surface area contributed by atoms with Crippen LogP contribution in [0.4, 0.5) is 13.2 Å². The maximum atomic E-state index is 13.1. The van der Waals surface area contributed by atoms with Crippen molar-refractivity contribution in [3.8, 4) is 6.07 Å². The number of allylic oxidation sites excluding steroid dienone is 2. The Morgan fingerprint density at radius 1 is 1.33 bits per heavy atom. The van der Waals surface area contributed by atoms with E-state index in [1.54, 1.807) is 23.1 Å². The molecular formula is C16H14AsF3N4. The zero-order chi connectivity index (χ0) is 17.2. The number of benzene rings is 1. The normalized spacial score (nSPS) is 18.6. The van der Waals surface area contributed by atoms with Gasteiger partial charge in [0.25, 0.3) is 0 Å². The fourth-order valence-electron chi connectivity index (χ4n) is 2.74. The maximum absolute atomic E-state index is 13.1. The summed E-state index contributed by atoms with van der Waals surface area (Å²) in [5, 5.41) is 13.0. The average molecular weight is 394 g/mol. The van der Waals surface area contributed by atoms with Gasteiger partial charge in [-0.05, 0) is 0 Å². The Kier molecular flexibility index (Phi) is 4.77. The van der Waals surface area contributed by atoms with Crippen LogP contribution < -0.4 is 4.35 Å². The summed E-state index contributed by atoms with van der Waals surface area (Å²) < 4.78 is 41.9. The molecule has 1 heterocycles. The van der Waals surface area contributed by atoms with Crippen LogP contribution >= 0.6 is 0 Å². The van der Waals surface area contributed by atoms with Crippen molar-refractivity contribution in [1.82, 2.24) is 14.8 Å². The van der Waals surface area contributed by atoms with Crippen LogP contribution in [0.2, 0.25) is 4.71 Å². The average Bonchev–Trinajstić information content (AvgIpc) is 3.09. The number of halogens is 3. The second kappa shape index (κ2) is 6.82. The zero-order valence-corrected chi connectivity index (χ0v) is 14.7. The minimum absolute atomic E-state index is 0.270. The fraction of sp³-hybridized carbons (Fsp3) is 0.312. The second-order valence-electron chi connectivity index (χ2n) is 5.51. The van der Waals surface area contributed by atoms with Gasteiger partial charge in [0.2, 0.25) is 0 Å². The Morgan fingerprint density at radius 2 is 2.17 bits per heavy atom. The molecule has 1 aromatic carbocycles. The fourth-order valence-corrected chi connectivity index (χ4v) is 5.81. The van der Waals surface area contributed by atoms with E-state index in [4.69, 9.17) is 5.26 Å². The number of aromatic nitrogens is 3. The first-order chi connectivity index (χ1) is 11.5. The van der Waals surface area contributed by atoms with E-state index in [-0.39, 0.29) is 10.3 Å². The molecule has 0 saturated carbocycles. The van der Waals surface area contributed by atoms with Crippen molar-refractivity contribution in [2.24, 2.45) is 0 Å². The van der Waals surface area contributed by atoms with Crippen LogP contribution in [0.15, 0.2) is 36.9 Å². The van der Waals surface area contributed by atoms with E-state index in [1.807, 2.05) is 0 Å². The molecule has 0 bridgehead atoms. The van der Waals surface area contributed by atoms with Crippen molar-refractivity contribution in [2.75, 3.05) is 0 Å². The molecule has 124 valence electrons. The molecule has 0 N–H and O–H groups in total. The summed E-state index contributed by atoms with van der Waals surface area (Å²) in [4.78, 5) is 3.93. The van der Waals surface area contributed by atoms with Gasteiger partial charge in [0, 0.05) is 0 Å². The monoisotopic (exact) mass is 394 g/mol. The van der Waals surface area contributed by atoms with Crippen molar-refractivity contribution >= 4 is 25.8 Å². The summed E-state index contributed by atoms with van der Waals surface area (Å²) in [7, 11) is 0. The minimum atomic E-state index is -4.50. The first-order valence-electron chi connectivity index (χ1n) is 7.41. The molecule has 4 nitrogen and oxygen atoms in total. The molecular weight excluding hydrogens is 380 g/mol. The molecule has 1 aliphatic rings. The van der Waals surface area contributed by atoms with Crippen molar-refractivity contribution in [3.63, 3.8) is 0 Å². The van der Waals surface area contributed by atoms with Crippen LogP contribution in [0.3, 0.4) is 0 Å². The van der Waals surface area contributed by atoms with Crippen LogP contribution in [-0.2, 0) is 6.18 Å². The van der Waals surface area contributed by atoms with Gasteiger partial charge in [0.1, 0.15) is 0 Å². The Labute approximate surface area is 143 Å². The van der Waals surface area contributed by atoms with Crippen molar-refractivity contribution in [1.29, 1.82) is 5.26 Å². The van der Waals surface area contributed by atoms with Gasteiger partial charge in [-0.3, -0.25) is 0 Å². The molecule has 0 radical (unpaired) electrons. The molecule has 8 heteroatoms. The third kappa shape index (κ3) is 3.70. The molecule has 0 fully saturated rings. The predicted molar refractivity (Wildman–Crippen MR) is 84.8 cm³/mol. The van der Waals surface area contributed by atoms with Crippen LogP contribution in [-0.4, -0.2) is 30.5 Å². The third-order valence-electron chi connectivity index (χ3n) is 3.85. The second-order valence-corrected chi connectivity index (χ2v) is 8.88. The summed E-state index contributed by atoms with van der Waals surface area (Å²) in [6.07, 6.45) is 3.58. The summed E-state index contributed by atoms with van der Waals surface area (Å²) in [5.41, 5.74) is -0.0972. The van der Waals surface area contributed by atoms with E-state index < -0.39 is 27.5 Å². The number of alkyl halides is 3. The first-order valence-corrected chi connectivity index (χ1v) is 9.67. The molecule has 0 saturated heterocycles. The van der Waals surface area contributed by atoms with Crippen LogP contribution in [0.5, 0.6) is 0 Å². The van der Waals surface area contributed by atoms with E-state index in [1.165, 1.54) is 12.4 Å². The first kappa shape index (κ1) is 16.8. The molecule has 1 aliphatic carbocycles. The quantitative estimate of drug-likeness (QED) is 0.753. The van der Waals surface area contributed by atoms with E-state index in [0.717, 1.165) is 31.0 Å². The summed E-state index contributed by atoms with van der Waals surface area (Å²) in [6.45, 7) is 0. The molecule has 0 aliphatic heterocycles. The number of hydrogen-bond acceptors (Lipinski definition) is 3. The van der Waals surface area contributed by atoms with Gasteiger partial charge in [-0.25, -0.2) is 0 Å². The summed E-state index contributed by atoms with van der Waals surface area (Å²) >= 11 is -0.784. The van der Waals surface area contributed by atoms with Gasteiger partial charge in [-0.1, -0.05) is 0 Å². The van der Waals surface area contributed by atoms with Gasteiger partial charge >= 0.3 is 143 Å². The topological polar surface area (TPSA) is 54.5 Å². The number of nitriles is 1. The number of hydrogen-bond donors (Lipinski definition) is 0. The zero-order valence-electron chi connectivity index (χ0n) is 12.6. The summed E-state index contributed by atoms with van der Waals surface area (Å²) in [5.74, 6) is 0. The van der Waals surface area contributed by atoms with Crippen LogP contribution in [0.1, 0.15) is 30.4 Å². The van der Waals surface area contributed by atoms with Gasteiger partial charge in [-0.2, -0.15) is 0 Å². The van der Waals surface area contributed by atoms with E-state index in [2.05, 4.69) is 16.2 Å². The molecule has 0 spiro atoms. The predicted octanol–water partition coefficient (Wildman–Crippen LogP) is 2.74. The van der Waals surface area contributed by atoms with Gasteiger partial charge in [-0.15, -0.1) is 0 Å². The van der Waals surface area contributed by atoms with E-state index in [0.29, 0.717) is 4.35 Å². The molecule has 2 atom stereocenters. The van der Waals surface area contributed by atoms with Crippen molar-refractivity contribution < 1.29 is 13.2 Å². The number of rotatable bonds is 3. The molecule has 3 rings (SSSR count). The van der Waals surface area contributed by atoms with Gasteiger partial charge in [0.15, 0.2) is 0 Å². The number of nitrogens with zero attached hydrogens (tertiary/aromatic N) is 4. The van der Waals surface area contributed by atoms with Crippen LogP contribution in [0.25, 0.3) is 5.70 Å². The van der Waals surface area contributed by atoms with Crippen molar-refractivity contribution in [3.05, 3.63) is 48.1 Å². The molecule has 2 unspecified atom stereocenters. The third-order valence-corrected chi connectivity index (χ3v) is 6.94. The Balaban J connectivity index is 1.84. The SMILES string of the molecule is N#Cc1ccc([AsH]C2C=C(n3cncn3)CCC2)cc1C(F)(F)F. The summed E-state index contributed by atoms with van der Waals surface area (Å²) in [6, 6.07) is 5.71. The van der Waals surface area contributed by atoms with Crippen molar-refractivity contribution in [2.45, 2.75) is 30.1 Å².